The highest BCUT2D eigenvalue weighted by atomic mass is 16.5. The molecular weight excluding hydrogens is 214 g/mol. The molecule has 1 aromatic rings. The number of aromatic nitrogens is 2. The minimum absolute atomic E-state index is 0.261. The molecule has 1 aliphatic heterocycles. The summed E-state index contributed by atoms with van der Waals surface area (Å²) in [5, 5.41) is 3.98. The van der Waals surface area contributed by atoms with E-state index in [2.05, 4.69) is 28.9 Å². The number of aryl methyl sites for hydroxylation is 1. The van der Waals surface area contributed by atoms with E-state index in [0.29, 0.717) is 0 Å². The first-order chi connectivity index (χ1) is 8.24. The first-order valence-corrected chi connectivity index (χ1v) is 6.81. The lowest BCUT2D eigenvalue weighted by atomic mass is 9.95. The summed E-state index contributed by atoms with van der Waals surface area (Å²) in [6.45, 7) is 8.82. The summed E-state index contributed by atoms with van der Waals surface area (Å²) in [4.78, 5) is 6.91. The van der Waals surface area contributed by atoms with Gasteiger partial charge in [-0.05, 0) is 32.2 Å². The van der Waals surface area contributed by atoms with Crippen LogP contribution in [0.2, 0.25) is 0 Å². The summed E-state index contributed by atoms with van der Waals surface area (Å²) in [6, 6.07) is 0.261. The van der Waals surface area contributed by atoms with Crippen molar-refractivity contribution in [3.05, 3.63) is 11.7 Å². The molecule has 2 heterocycles. The van der Waals surface area contributed by atoms with E-state index in [0.717, 1.165) is 30.6 Å². The van der Waals surface area contributed by atoms with Crippen LogP contribution in [-0.2, 0) is 6.42 Å². The van der Waals surface area contributed by atoms with Crippen molar-refractivity contribution in [3.8, 4) is 0 Å². The number of nitrogens with zero attached hydrogens (tertiary/aromatic N) is 3. The fourth-order valence-electron chi connectivity index (χ4n) is 2.52. The van der Waals surface area contributed by atoms with Gasteiger partial charge in [0.1, 0.15) is 0 Å². The van der Waals surface area contributed by atoms with Gasteiger partial charge >= 0.3 is 0 Å². The van der Waals surface area contributed by atoms with Crippen LogP contribution in [0.1, 0.15) is 57.8 Å². The van der Waals surface area contributed by atoms with E-state index >= 15 is 0 Å². The van der Waals surface area contributed by atoms with Gasteiger partial charge in [0.2, 0.25) is 5.89 Å². The minimum Gasteiger partial charge on any atom is -0.338 e. The van der Waals surface area contributed by atoms with E-state index in [4.69, 9.17) is 4.52 Å². The summed E-state index contributed by atoms with van der Waals surface area (Å²) < 4.78 is 5.34. The molecule has 0 saturated carbocycles. The number of likely N-dealkylation sites (tertiary alicyclic amines) is 1. The normalized spacial score (nSPS) is 23.8. The molecule has 0 radical (unpaired) electrons. The standard InChI is InChI=1S/C13H23N3O/c1-4-11-7-6-8-16(9-11)10(3)13-14-12(5-2)15-17-13/h10-11H,4-9H2,1-3H3/t10-,11+/m0/s1. The Morgan fingerprint density at radius 1 is 1.47 bits per heavy atom. The molecule has 2 rings (SSSR count). The van der Waals surface area contributed by atoms with Crippen LogP contribution in [0, 0.1) is 5.92 Å². The van der Waals surface area contributed by atoms with Gasteiger partial charge < -0.3 is 4.52 Å². The SMILES string of the molecule is CCc1noc([C@H](C)N2CCC[C@@H](CC)C2)n1. The van der Waals surface area contributed by atoms with Crippen molar-refractivity contribution in [2.75, 3.05) is 13.1 Å². The first-order valence-electron chi connectivity index (χ1n) is 6.81. The highest BCUT2D eigenvalue weighted by Gasteiger charge is 2.26. The van der Waals surface area contributed by atoms with E-state index in [9.17, 15) is 0 Å². The quantitative estimate of drug-likeness (QED) is 0.807. The fraction of sp³-hybridized carbons (Fsp3) is 0.846. The third-order valence-electron chi connectivity index (χ3n) is 3.83. The Balaban J connectivity index is 2.00. The predicted octanol–water partition coefficient (Wildman–Crippen LogP) is 2.82. The van der Waals surface area contributed by atoms with E-state index in [1.807, 2.05) is 6.92 Å². The maximum atomic E-state index is 5.34. The second-order valence-corrected chi connectivity index (χ2v) is 4.99. The van der Waals surface area contributed by atoms with Crippen LogP contribution in [-0.4, -0.2) is 28.1 Å². The molecule has 0 unspecified atom stereocenters. The lowest BCUT2D eigenvalue weighted by Crippen LogP contribution is -2.37. The summed E-state index contributed by atoms with van der Waals surface area (Å²) in [5.41, 5.74) is 0. The molecular formula is C13H23N3O. The van der Waals surface area contributed by atoms with Crippen LogP contribution in [0.5, 0.6) is 0 Å². The van der Waals surface area contributed by atoms with Crippen LogP contribution in [0.4, 0.5) is 0 Å². The fourth-order valence-corrected chi connectivity index (χ4v) is 2.52. The van der Waals surface area contributed by atoms with Gasteiger partial charge in [-0.25, -0.2) is 0 Å². The molecule has 1 aromatic heterocycles. The van der Waals surface area contributed by atoms with Gasteiger partial charge in [-0.1, -0.05) is 25.4 Å². The van der Waals surface area contributed by atoms with Crippen LogP contribution >= 0.6 is 0 Å². The molecule has 0 N–H and O–H groups in total. The molecule has 96 valence electrons. The average Bonchev–Trinajstić information content (AvgIpc) is 2.86. The van der Waals surface area contributed by atoms with Crippen LogP contribution in [0.3, 0.4) is 0 Å². The van der Waals surface area contributed by atoms with Crippen LogP contribution < -0.4 is 0 Å². The Morgan fingerprint density at radius 3 is 2.94 bits per heavy atom. The third-order valence-corrected chi connectivity index (χ3v) is 3.83. The van der Waals surface area contributed by atoms with E-state index in [1.54, 1.807) is 0 Å². The number of hydrogen-bond donors (Lipinski definition) is 0. The molecule has 1 aliphatic rings. The highest BCUT2D eigenvalue weighted by Crippen LogP contribution is 2.26. The predicted molar refractivity (Wildman–Crippen MR) is 66.7 cm³/mol. The first kappa shape index (κ1) is 12.6. The maximum Gasteiger partial charge on any atom is 0.243 e. The maximum absolute atomic E-state index is 5.34. The Kier molecular flexibility index (Phi) is 4.15. The molecule has 4 nitrogen and oxygen atoms in total. The van der Waals surface area contributed by atoms with Gasteiger partial charge in [0.15, 0.2) is 5.82 Å². The lowest BCUT2D eigenvalue weighted by Gasteiger charge is -2.34. The molecule has 0 aromatic carbocycles. The second kappa shape index (κ2) is 5.63. The number of piperidine rings is 1. The molecule has 1 fully saturated rings. The summed E-state index contributed by atoms with van der Waals surface area (Å²) >= 11 is 0. The highest BCUT2D eigenvalue weighted by molar-refractivity contribution is 4.93. The van der Waals surface area contributed by atoms with Gasteiger partial charge in [0.05, 0.1) is 6.04 Å². The third kappa shape index (κ3) is 2.86. The molecule has 4 heteroatoms. The van der Waals surface area contributed by atoms with Crippen molar-refractivity contribution in [1.82, 2.24) is 15.0 Å². The van der Waals surface area contributed by atoms with Crippen LogP contribution in [0.25, 0.3) is 0 Å². The molecule has 1 saturated heterocycles. The van der Waals surface area contributed by atoms with Crippen molar-refractivity contribution < 1.29 is 4.52 Å². The molecule has 0 spiro atoms. The summed E-state index contributed by atoms with van der Waals surface area (Å²) in [7, 11) is 0. The second-order valence-electron chi connectivity index (χ2n) is 4.99. The zero-order valence-corrected chi connectivity index (χ0v) is 11.1. The molecule has 0 aliphatic carbocycles. The van der Waals surface area contributed by atoms with Gasteiger partial charge in [0, 0.05) is 13.0 Å². The molecule has 0 bridgehead atoms. The average molecular weight is 237 g/mol. The van der Waals surface area contributed by atoms with Crippen molar-refractivity contribution in [3.63, 3.8) is 0 Å². The molecule has 2 atom stereocenters. The van der Waals surface area contributed by atoms with Gasteiger partial charge in [-0.15, -0.1) is 0 Å². The van der Waals surface area contributed by atoms with Crippen molar-refractivity contribution in [2.24, 2.45) is 5.92 Å². The largest absolute Gasteiger partial charge is 0.338 e. The number of rotatable bonds is 4. The topological polar surface area (TPSA) is 42.2 Å². The zero-order chi connectivity index (χ0) is 12.3. The van der Waals surface area contributed by atoms with Gasteiger partial charge in [0.25, 0.3) is 0 Å². The summed E-state index contributed by atoms with van der Waals surface area (Å²) in [5.74, 6) is 2.43. The van der Waals surface area contributed by atoms with Crippen molar-refractivity contribution in [2.45, 2.75) is 52.5 Å². The van der Waals surface area contributed by atoms with Gasteiger partial charge in [-0.3, -0.25) is 4.90 Å². The van der Waals surface area contributed by atoms with Crippen molar-refractivity contribution in [1.29, 1.82) is 0 Å². The van der Waals surface area contributed by atoms with Crippen LogP contribution in [0.15, 0.2) is 4.52 Å². The Bertz CT molecular complexity index is 350. The monoisotopic (exact) mass is 237 g/mol. The lowest BCUT2D eigenvalue weighted by molar-refractivity contribution is 0.109. The Morgan fingerprint density at radius 2 is 2.29 bits per heavy atom. The van der Waals surface area contributed by atoms with E-state index < -0.39 is 0 Å². The molecule has 0 amide bonds. The smallest absolute Gasteiger partial charge is 0.243 e. The van der Waals surface area contributed by atoms with Gasteiger partial charge in [-0.2, -0.15) is 4.98 Å². The zero-order valence-electron chi connectivity index (χ0n) is 11.1. The van der Waals surface area contributed by atoms with E-state index in [-0.39, 0.29) is 6.04 Å². The Hall–Kier alpha value is -0.900. The van der Waals surface area contributed by atoms with Crippen molar-refractivity contribution >= 4 is 0 Å². The van der Waals surface area contributed by atoms with E-state index in [1.165, 1.54) is 25.8 Å². The Labute approximate surface area is 103 Å². The summed E-state index contributed by atoms with van der Waals surface area (Å²) in [6.07, 6.45) is 4.77. The number of hydrogen-bond acceptors (Lipinski definition) is 4. The molecule has 17 heavy (non-hydrogen) atoms. The minimum atomic E-state index is 0.261.